The van der Waals surface area contributed by atoms with Gasteiger partial charge in [0.05, 0.1) is 16.1 Å². The lowest BCUT2D eigenvalue weighted by molar-refractivity contribution is -0.384. The zero-order chi connectivity index (χ0) is 18.0. The van der Waals surface area contributed by atoms with E-state index in [9.17, 15) is 24.5 Å². The van der Waals surface area contributed by atoms with Gasteiger partial charge in [0.1, 0.15) is 0 Å². The predicted octanol–water partition coefficient (Wildman–Crippen LogP) is 2.13. The number of hydrogen-bond donors (Lipinski definition) is 2. The van der Waals surface area contributed by atoms with Gasteiger partial charge in [-0.2, -0.15) is 0 Å². The minimum absolute atomic E-state index is 0.0724. The van der Waals surface area contributed by atoms with Crippen LogP contribution in [0.1, 0.15) is 26.3 Å². The first-order chi connectivity index (χ1) is 11.9. The number of imide groups is 1. The van der Waals surface area contributed by atoms with E-state index in [2.05, 4.69) is 10.6 Å². The Morgan fingerprint density at radius 3 is 2.60 bits per heavy atom. The van der Waals surface area contributed by atoms with E-state index in [1.54, 1.807) is 6.07 Å². The Morgan fingerprint density at radius 2 is 1.84 bits per heavy atom. The fourth-order valence-corrected chi connectivity index (χ4v) is 2.34. The Balaban J connectivity index is 1.72. The number of nitro groups is 1. The van der Waals surface area contributed by atoms with E-state index in [1.165, 1.54) is 48.6 Å². The van der Waals surface area contributed by atoms with Gasteiger partial charge < -0.3 is 5.32 Å². The van der Waals surface area contributed by atoms with Crippen molar-refractivity contribution in [2.75, 3.05) is 5.32 Å². The van der Waals surface area contributed by atoms with Crippen molar-refractivity contribution in [3.8, 4) is 0 Å². The lowest BCUT2D eigenvalue weighted by Gasteiger charge is -2.03. The number of amides is 3. The number of rotatable bonds is 4. The fourth-order valence-electron chi connectivity index (χ4n) is 2.34. The third kappa shape index (κ3) is 3.42. The topological polar surface area (TPSA) is 118 Å². The van der Waals surface area contributed by atoms with Crippen LogP contribution in [0.15, 0.2) is 48.5 Å². The van der Waals surface area contributed by atoms with Crippen LogP contribution in [0, 0.1) is 10.1 Å². The van der Waals surface area contributed by atoms with Crippen molar-refractivity contribution in [2.24, 2.45) is 0 Å². The molecule has 25 heavy (non-hydrogen) atoms. The van der Waals surface area contributed by atoms with Crippen molar-refractivity contribution in [1.82, 2.24) is 5.32 Å². The monoisotopic (exact) mass is 337 g/mol. The van der Waals surface area contributed by atoms with Crippen molar-refractivity contribution in [1.29, 1.82) is 0 Å². The zero-order valence-electron chi connectivity index (χ0n) is 12.7. The number of benzene rings is 2. The highest BCUT2D eigenvalue weighted by molar-refractivity contribution is 6.22. The van der Waals surface area contributed by atoms with Gasteiger partial charge in [0.15, 0.2) is 0 Å². The first-order valence-corrected chi connectivity index (χ1v) is 7.17. The van der Waals surface area contributed by atoms with Crippen molar-refractivity contribution in [3.63, 3.8) is 0 Å². The molecular weight excluding hydrogens is 326 g/mol. The summed E-state index contributed by atoms with van der Waals surface area (Å²) >= 11 is 0. The van der Waals surface area contributed by atoms with Crippen LogP contribution in [-0.2, 0) is 4.79 Å². The van der Waals surface area contributed by atoms with E-state index in [1.807, 2.05) is 0 Å². The highest BCUT2D eigenvalue weighted by atomic mass is 16.6. The highest BCUT2D eigenvalue weighted by Crippen LogP contribution is 2.20. The summed E-state index contributed by atoms with van der Waals surface area (Å²) in [6.07, 6.45) is 2.66. The Labute approximate surface area is 141 Å². The van der Waals surface area contributed by atoms with Crippen LogP contribution < -0.4 is 10.6 Å². The molecule has 0 spiro atoms. The molecule has 2 aromatic rings. The zero-order valence-corrected chi connectivity index (χ0v) is 12.7. The Kier molecular flexibility index (Phi) is 4.09. The standard InChI is InChI=1S/C17H11N3O5/c21-15(7-4-10-2-1-3-12(8-10)20(24)25)18-11-5-6-13-14(9-11)17(23)19-16(13)22/h1-9H,(H,18,21)(H,19,22,23)/b7-4+. The molecule has 8 heteroatoms. The molecule has 124 valence electrons. The number of fused-ring (bicyclic) bond motifs is 1. The molecule has 0 radical (unpaired) electrons. The Morgan fingerprint density at radius 1 is 1.08 bits per heavy atom. The molecule has 3 rings (SSSR count). The van der Waals surface area contributed by atoms with Gasteiger partial charge >= 0.3 is 0 Å². The molecule has 0 saturated carbocycles. The van der Waals surface area contributed by atoms with Crippen LogP contribution in [0.25, 0.3) is 6.08 Å². The smallest absolute Gasteiger partial charge is 0.270 e. The van der Waals surface area contributed by atoms with Crippen LogP contribution in [-0.4, -0.2) is 22.6 Å². The molecule has 0 aliphatic carbocycles. The molecule has 1 heterocycles. The second-order valence-corrected chi connectivity index (χ2v) is 5.22. The molecule has 0 unspecified atom stereocenters. The molecule has 0 bridgehead atoms. The van der Waals surface area contributed by atoms with E-state index in [-0.39, 0.29) is 16.8 Å². The average molecular weight is 337 g/mol. The van der Waals surface area contributed by atoms with Crippen LogP contribution >= 0.6 is 0 Å². The van der Waals surface area contributed by atoms with E-state index in [0.29, 0.717) is 11.3 Å². The second-order valence-electron chi connectivity index (χ2n) is 5.22. The van der Waals surface area contributed by atoms with Crippen LogP contribution in [0.2, 0.25) is 0 Å². The normalized spacial score (nSPS) is 12.8. The van der Waals surface area contributed by atoms with E-state index < -0.39 is 22.6 Å². The molecule has 8 nitrogen and oxygen atoms in total. The van der Waals surface area contributed by atoms with Gasteiger partial charge in [-0.1, -0.05) is 12.1 Å². The number of nitro benzene ring substituents is 1. The summed E-state index contributed by atoms with van der Waals surface area (Å²) < 4.78 is 0. The van der Waals surface area contributed by atoms with Gasteiger partial charge in [0.2, 0.25) is 5.91 Å². The van der Waals surface area contributed by atoms with Crippen molar-refractivity contribution >= 4 is 35.2 Å². The van der Waals surface area contributed by atoms with E-state index in [0.717, 1.165) is 0 Å². The number of nitrogens with zero attached hydrogens (tertiary/aromatic N) is 1. The third-order valence-corrected chi connectivity index (χ3v) is 3.51. The molecule has 3 amide bonds. The summed E-state index contributed by atoms with van der Waals surface area (Å²) in [4.78, 5) is 45.2. The van der Waals surface area contributed by atoms with Crippen LogP contribution in [0.4, 0.5) is 11.4 Å². The molecule has 0 saturated heterocycles. The molecule has 1 aliphatic rings. The molecule has 0 atom stereocenters. The molecular formula is C17H11N3O5. The lowest BCUT2D eigenvalue weighted by Crippen LogP contribution is -2.19. The van der Waals surface area contributed by atoms with E-state index in [4.69, 9.17) is 0 Å². The van der Waals surface area contributed by atoms with Crippen molar-refractivity contribution in [3.05, 3.63) is 75.3 Å². The van der Waals surface area contributed by atoms with Crippen molar-refractivity contribution in [2.45, 2.75) is 0 Å². The summed E-state index contributed by atoms with van der Waals surface area (Å²) in [5.41, 5.74) is 1.25. The van der Waals surface area contributed by atoms with Gasteiger partial charge in [-0.15, -0.1) is 0 Å². The summed E-state index contributed by atoms with van der Waals surface area (Å²) in [6, 6.07) is 10.2. The number of anilines is 1. The average Bonchev–Trinajstić information content (AvgIpc) is 2.87. The third-order valence-electron chi connectivity index (χ3n) is 3.51. The van der Waals surface area contributed by atoms with Gasteiger partial charge in [-0.25, -0.2) is 0 Å². The highest BCUT2D eigenvalue weighted by Gasteiger charge is 2.26. The first-order valence-electron chi connectivity index (χ1n) is 7.17. The minimum Gasteiger partial charge on any atom is -0.322 e. The van der Waals surface area contributed by atoms with Gasteiger partial charge in [0.25, 0.3) is 17.5 Å². The number of nitrogens with one attached hydrogen (secondary N) is 2. The van der Waals surface area contributed by atoms with Crippen LogP contribution in [0.5, 0.6) is 0 Å². The SMILES string of the molecule is O=C(/C=C/c1cccc([N+](=O)[O-])c1)Nc1ccc2c(c1)C(=O)NC2=O. The van der Waals surface area contributed by atoms with Gasteiger partial charge in [0, 0.05) is 23.9 Å². The van der Waals surface area contributed by atoms with Crippen LogP contribution in [0.3, 0.4) is 0 Å². The summed E-state index contributed by atoms with van der Waals surface area (Å²) in [5, 5.41) is 15.4. The Hall–Kier alpha value is -3.81. The second kappa shape index (κ2) is 6.36. The fraction of sp³-hybridized carbons (Fsp3) is 0. The first kappa shape index (κ1) is 16.1. The van der Waals surface area contributed by atoms with Crippen molar-refractivity contribution < 1.29 is 19.3 Å². The molecule has 1 aliphatic heterocycles. The minimum atomic E-state index is -0.520. The van der Waals surface area contributed by atoms with Gasteiger partial charge in [-0.3, -0.25) is 29.8 Å². The predicted molar refractivity (Wildman–Crippen MR) is 89.0 cm³/mol. The molecule has 0 aromatic heterocycles. The quantitative estimate of drug-likeness (QED) is 0.383. The lowest BCUT2D eigenvalue weighted by atomic mass is 10.1. The molecule has 2 N–H and O–H groups in total. The summed E-state index contributed by atoms with van der Waals surface area (Å²) in [6.45, 7) is 0. The maximum absolute atomic E-state index is 12.0. The number of carbonyl (C=O) groups is 3. The maximum Gasteiger partial charge on any atom is 0.270 e. The number of hydrogen-bond acceptors (Lipinski definition) is 5. The number of carbonyl (C=O) groups excluding carboxylic acids is 3. The molecule has 2 aromatic carbocycles. The van der Waals surface area contributed by atoms with Gasteiger partial charge in [-0.05, 0) is 29.8 Å². The number of non-ortho nitro benzene ring substituents is 1. The summed E-state index contributed by atoms with van der Waals surface area (Å²) in [5.74, 6) is -1.46. The maximum atomic E-state index is 12.0. The Bertz CT molecular complexity index is 949. The molecule has 0 fully saturated rings. The summed E-state index contributed by atoms with van der Waals surface area (Å²) in [7, 11) is 0. The van der Waals surface area contributed by atoms with E-state index >= 15 is 0 Å². The largest absolute Gasteiger partial charge is 0.322 e.